The summed E-state index contributed by atoms with van der Waals surface area (Å²) in [4.78, 5) is 28.5. The average molecular weight is 477 g/mol. The predicted octanol–water partition coefficient (Wildman–Crippen LogP) is 4.69. The Balaban J connectivity index is 1.57. The molecule has 3 nitrogen and oxygen atoms in total. The second kappa shape index (κ2) is 5.77. The largest absolute Gasteiger partial charge is 0.274 e. The first-order chi connectivity index (χ1) is 13.7. The topological polar surface area (TPSA) is 37.4 Å². The number of carbonyl (C=O) groups is 2. The monoisotopic (exact) mass is 477 g/mol. The molecule has 0 radical (unpaired) electrons. The molecule has 4 heteroatoms. The summed E-state index contributed by atoms with van der Waals surface area (Å²) in [6.07, 6.45) is 0. The zero-order chi connectivity index (χ0) is 19.0. The summed E-state index contributed by atoms with van der Waals surface area (Å²) in [6, 6.07) is 24.3. The molecule has 0 unspecified atom stereocenters. The predicted molar refractivity (Wildman–Crippen MR) is 115 cm³/mol. The van der Waals surface area contributed by atoms with Gasteiger partial charge in [0.25, 0.3) is 0 Å². The van der Waals surface area contributed by atoms with Gasteiger partial charge in [0.2, 0.25) is 11.8 Å². The SMILES string of the molecule is O=C1[C@@H]2C3c4ccccc4C(c4ccccc43)[C@H]2C(=O)N1c1ccc(I)cc1. The fraction of sp³-hybridized carbons (Fsp3) is 0.167. The van der Waals surface area contributed by atoms with Crippen molar-refractivity contribution < 1.29 is 9.59 Å². The molecule has 1 heterocycles. The van der Waals surface area contributed by atoms with Gasteiger partial charge in [-0.25, -0.2) is 4.90 Å². The first-order valence-electron chi connectivity index (χ1n) is 9.48. The summed E-state index contributed by atoms with van der Waals surface area (Å²) < 4.78 is 1.08. The third-order valence-corrected chi connectivity index (χ3v) is 7.25. The molecule has 1 aliphatic heterocycles. The molecule has 3 aromatic carbocycles. The van der Waals surface area contributed by atoms with E-state index in [1.165, 1.54) is 27.2 Å². The number of amides is 2. The highest BCUT2D eigenvalue weighted by atomic mass is 127. The number of halogens is 1. The van der Waals surface area contributed by atoms with E-state index in [4.69, 9.17) is 0 Å². The first kappa shape index (κ1) is 16.5. The number of imide groups is 1. The maximum absolute atomic E-state index is 13.5. The molecule has 3 aromatic rings. The van der Waals surface area contributed by atoms with Crippen LogP contribution in [0.2, 0.25) is 0 Å². The van der Waals surface area contributed by atoms with Crippen LogP contribution >= 0.6 is 22.6 Å². The quantitative estimate of drug-likeness (QED) is 0.377. The molecule has 0 N–H and O–H groups in total. The molecule has 2 bridgehead atoms. The van der Waals surface area contributed by atoms with Gasteiger partial charge in [0.1, 0.15) is 0 Å². The van der Waals surface area contributed by atoms with Crippen LogP contribution in [0.25, 0.3) is 0 Å². The second-order valence-electron chi connectivity index (χ2n) is 7.75. The lowest BCUT2D eigenvalue weighted by atomic mass is 9.55. The highest BCUT2D eigenvalue weighted by molar-refractivity contribution is 14.1. The van der Waals surface area contributed by atoms with E-state index in [-0.39, 0.29) is 35.5 Å². The van der Waals surface area contributed by atoms with Crippen LogP contribution in [0.1, 0.15) is 34.1 Å². The number of carbonyl (C=O) groups excluding carboxylic acids is 2. The van der Waals surface area contributed by atoms with Gasteiger partial charge in [-0.05, 0) is 69.1 Å². The van der Waals surface area contributed by atoms with Gasteiger partial charge in [0.15, 0.2) is 0 Å². The van der Waals surface area contributed by atoms with E-state index < -0.39 is 0 Å². The van der Waals surface area contributed by atoms with Gasteiger partial charge < -0.3 is 0 Å². The minimum Gasteiger partial charge on any atom is -0.274 e. The van der Waals surface area contributed by atoms with Crippen LogP contribution in [0.15, 0.2) is 72.8 Å². The van der Waals surface area contributed by atoms with Crippen molar-refractivity contribution in [3.8, 4) is 0 Å². The Labute approximate surface area is 176 Å². The van der Waals surface area contributed by atoms with Crippen molar-refractivity contribution in [2.75, 3.05) is 4.90 Å². The first-order valence-corrected chi connectivity index (χ1v) is 10.6. The molecule has 0 spiro atoms. The van der Waals surface area contributed by atoms with E-state index in [1.807, 2.05) is 48.5 Å². The zero-order valence-electron chi connectivity index (χ0n) is 14.9. The second-order valence-corrected chi connectivity index (χ2v) is 9.00. The molecule has 1 saturated heterocycles. The summed E-state index contributed by atoms with van der Waals surface area (Å²) in [7, 11) is 0. The van der Waals surface area contributed by atoms with Crippen LogP contribution in [-0.2, 0) is 9.59 Å². The van der Waals surface area contributed by atoms with Crippen molar-refractivity contribution in [2.45, 2.75) is 11.8 Å². The third kappa shape index (κ3) is 1.99. The Morgan fingerprint density at radius 2 is 1.00 bits per heavy atom. The minimum atomic E-state index is -0.318. The third-order valence-electron chi connectivity index (χ3n) is 6.53. The number of nitrogens with zero attached hydrogens (tertiary/aromatic N) is 1. The van der Waals surface area contributed by atoms with Crippen molar-refractivity contribution in [3.05, 3.63) is 98.6 Å². The van der Waals surface area contributed by atoms with Gasteiger partial charge in [-0.15, -0.1) is 0 Å². The summed E-state index contributed by atoms with van der Waals surface area (Å²) >= 11 is 2.23. The normalized spacial score (nSPS) is 26.8. The lowest BCUT2D eigenvalue weighted by Crippen LogP contribution is -2.41. The number of benzene rings is 3. The molecule has 1 fully saturated rings. The lowest BCUT2D eigenvalue weighted by molar-refractivity contribution is -0.122. The highest BCUT2D eigenvalue weighted by Crippen LogP contribution is 2.61. The number of hydrogen-bond acceptors (Lipinski definition) is 2. The molecule has 136 valence electrons. The molecule has 3 aliphatic carbocycles. The van der Waals surface area contributed by atoms with E-state index >= 15 is 0 Å². The molecule has 7 rings (SSSR count). The molecular formula is C24H16INO2. The van der Waals surface area contributed by atoms with E-state index in [0.717, 1.165) is 3.57 Å². The Morgan fingerprint density at radius 1 is 0.607 bits per heavy atom. The maximum atomic E-state index is 13.5. The standard InChI is InChI=1S/C24H16INO2/c25-13-9-11-14(12-10-13)26-23(27)21-19-15-5-1-2-6-16(15)20(22(21)24(26)28)18-8-4-3-7-17(18)19/h1-12,19-22H/t19?,20?,21-,22-/m1/s1. The van der Waals surface area contributed by atoms with E-state index in [0.29, 0.717) is 5.69 Å². The van der Waals surface area contributed by atoms with Gasteiger partial charge in [0.05, 0.1) is 17.5 Å². The van der Waals surface area contributed by atoms with Crippen LogP contribution in [0, 0.1) is 15.4 Å². The number of hydrogen-bond donors (Lipinski definition) is 0. The van der Waals surface area contributed by atoms with Crippen molar-refractivity contribution in [1.82, 2.24) is 0 Å². The Kier molecular flexibility index (Phi) is 3.39. The molecule has 28 heavy (non-hydrogen) atoms. The summed E-state index contributed by atoms with van der Waals surface area (Å²) in [5, 5.41) is 0. The molecule has 2 atom stereocenters. The Bertz CT molecular complexity index is 1040. The van der Waals surface area contributed by atoms with E-state index in [2.05, 4.69) is 46.9 Å². The molecule has 2 amide bonds. The number of rotatable bonds is 1. The van der Waals surface area contributed by atoms with Crippen LogP contribution in [0.5, 0.6) is 0 Å². The van der Waals surface area contributed by atoms with E-state index in [1.54, 1.807) is 0 Å². The Morgan fingerprint density at radius 3 is 1.39 bits per heavy atom. The molecule has 4 aliphatic rings. The van der Waals surface area contributed by atoms with Crippen LogP contribution in [0.4, 0.5) is 5.69 Å². The number of anilines is 1. The van der Waals surface area contributed by atoms with Crippen molar-refractivity contribution in [2.24, 2.45) is 11.8 Å². The smallest absolute Gasteiger partial charge is 0.238 e. The van der Waals surface area contributed by atoms with Gasteiger partial charge in [-0.2, -0.15) is 0 Å². The molecule has 0 saturated carbocycles. The fourth-order valence-corrected chi connectivity index (χ4v) is 5.88. The van der Waals surface area contributed by atoms with Crippen LogP contribution < -0.4 is 4.90 Å². The highest BCUT2D eigenvalue weighted by Gasteiger charge is 2.61. The van der Waals surface area contributed by atoms with Gasteiger partial charge in [0, 0.05) is 15.4 Å². The van der Waals surface area contributed by atoms with Crippen LogP contribution in [-0.4, -0.2) is 11.8 Å². The molecular weight excluding hydrogens is 461 g/mol. The maximum Gasteiger partial charge on any atom is 0.238 e. The zero-order valence-corrected chi connectivity index (χ0v) is 17.0. The van der Waals surface area contributed by atoms with Crippen molar-refractivity contribution in [1.29, 1.82) is 0 Å². The lowest BCUT2D eigenvalue weighted by Gasteiger charge is -2.45. The fourth-order valence-electron chi connectivity index (χ4n) is 5.52. The average Bonchev–Trinajstić information content (AvgIpc) is 3.00. The summed E-state index contributed by atoms with van der Waals surface area (Å²) in [5.41, 5.74) is 5.50. The minimum absolute atomic E-state index is 0.0484. The van der Waals surface area contributed by atoms with Crippen LogP contribution in [0.3, 0.4) is 0 Å². The Hall–Kier alpha value is -2.47. The summed E-state index contributed by atoms with van der Waals surface area (Å²) in [6.45, 7) is 0. The van der Waals surface area contributed by atoms with Gasteiger partial charge in [-0.3, -0.25) is 9.59 Å². The van der Waals surface area contributed by atoms with Gasteiger partial charge in [-0.1, -0.05) is 48.5 Å². The summed E-state index contributed by atoms with van der Waals surface area (Å²) in [5.74, 6) is -0.853. The van der Waals surface area contributed by atoms with E-state index in [9.17, 15) is 9.59 Å². The molecule has 0 aromatic heterocycles. The van der Waals surface area contributed by atoms with Crippen molar-refractivity contribution >= 4 is 40.1 Å². The van der Waals surface area contributed by atoms with Crippen molar-refractivity contribution in [3.63, 3.8) is 0 Å². The van der Waals surface area contributed by atoms with Gasteiger partial charge >= 0.3 is 0 Å².